The maximum Gasteiger partial charge on any atom is 0.300 e. The predicted octanol–water partition coefficient (Wildman–Crippen LogP) is 3.54. The van der Waals surface area contributed by atoms with Gasteiger partial charge in [0.05, 0.1) is 0 Å². The molecule has 0 aliphatic heterocycles. The molecule has 88 valence electrons. The van der Waals surface area contributed by atoms with Crippen LogP contribution < -0.4 is 0 Å². The van der Waals surface area contributed by atoms with Crippen LogP contribution in [0.2, 0.25) is 0 Å². The first kappa shape index (κ1) is 9.95. The van der Waals surface area contributed by atoms with Crippen molar-refractivity contribution in [3.63, 3.8) is 0 Å². The number of ketones is 1. The van der Waals surface area contributed by atoms with Gasteiger partial charge in [0.25, 0.3) is 5.92 Å². The van der Waals surface area contributed by atoms with Crippen molar-refractivity contribution in [2.45, 2.75) is 12.3 Å². The van der Waals surface area contributed by atoms with Crippen LogP contribution >= 0.6 is 0 Å². The number of allylic oxidation sites excluding steroid dienone is 6. The summed E-state index contributed by atoms with van der Waals surface area (Å²) in [6.45, 7) is 0. The third-order valence-electron chi connectivity index (χ3n) is 3.81. The summed E-state index contributed by atoms with van der Waals surface area (Å²) in [4.78, 5) is 12.3. The van der Waals surface area contributed by atoms with Crippen LogP contribution in [0.15, 0.2) is 58.7 Å². The van der Waals surface area contributed by atoms with Gasteiger partial charge in [0.1, 0.15) is 0 Å². The van der Waals surface area contributed by atoms with Gasteiger partial charge in [-0.3, -0.25) is 4.79 Å². The molecule has 0 amide bonds. The molecule has 4 rings (SSSR count). The van der Waals surface area contributed by atoms with Crippen molar-refractivity contribution < 1.29 is 13.6 Å². The molecule has 0 saturated carbocycles. The van der Waals surface area contributed by atoms with Crippen molar-refractivity contribution in [2.75, 3.05) is 0 Å². The molecule has 18 heavy (non-hydrogen) atoms. The third kappa shape index (κ3) is 0.941. The maximum absolute atomic E-state index is 14.5. The summed E-state index contributed by atoms with van der Waals surface area (Å²) in [5, 5.41) is 0. The number of fused-ring (bicyclic) bond motifs is 4. The maximum atomic E-state index is 14.5. The Kier molecular flexibility index (Phi) is 1.58. The van der Waals surface area contributed by atoms with Crippen molar-refractivity contribution in [1.82, 2.24) is 0 Å². The van der Waals surface area contributed by atoms with Crippen LogP contribution in [0, 0.1) is 0 Å². The van der Waals surface area contributed by atoms with Gasteiger partial charge in [0.15, 0.2) is 5.78 Å². The average Bonchev–Trinajstić information content (AvgIpc) is 2.97. The number of benzene rings is 1. The monoisotopic (exact) mass is 242 g/mol. The van der Waals surface area contributed by atoms with Crippen LogP contribution in [0.1, 0.15) is 22.3 Å². The molecule has 1 nitrogen and oxygen atoms in total. The minimum atomic E-state index is -3.05. The number of hydrogen-bond donors (Lipinski definition) is 0. The van der Waals surface area contributed by atoms with Gasteiger partial charge in [-0.25, -0.2) is 0 Å². The van der Waals surface area contributed by atoms with E-state index in [9.17, 15) is 13.6 Å². The lowest BCUT2D eigenvalue weighted by molar-refractivity contribution is 0.0349. The number of hydrogen-bond acceptors (Lipinski definition) is 1. The fourth-order valence-corrected chi connectivity index (χ4v) is 3.03. The number of carbonyl (C=O) groups is 1. The van der Waals surface area contributed by atoms with Gasteiger partial charge in [0, 0.05) is 22.3 Å². The number of carbonyl (C=O) groups excluding carboxylic acids is 1. The Hall–Kier alpha value is -2.03. The lowest BCUT2D eigenvalue weighted by Gasteiger charge is -2.29. The van der Waals surface area contributed by atoms with Crippen LogP contribution in [0.25, 0.3) is 0 Å². The van der Waals surface area contributed by atoms with Gasteiger partial charge in [-0.1, -0.05) is 36.4 Å². The Morgan fingerprint density at radius 3 is 2.61 bits per heavy atom. The van der Waals surface area contributed by atoms with E-state index in [1.165, 1.54) is 12.1 Å². The molecular formula is C15H8F2O. The summed E-state index contributed by atoms with van der Waals surface area (Å²) >= 11 is 0. The minimum absolute atomic E-state index is 0.0660. The Morgan fingerprint density at radius 2 is 1.78 bits per heavy atom. The van der Waals surface area contributed by atoms with E-state index in [1.807, 2.05) is 0 Å². The van der Waals surface area contributed by atoms with Crippen molar-refractivity contribution in [2.24, 2.45) is 0 Å². The molecule has 0 unspecified atom stereocenters. The molecule has 1 aromatic carbocycles. The van der Waals surface area contributed by atoms with Crippen molar-refractivity contribution in [3.05, 3.63) is 69.8 Å². The highest BCUT2D eigenvalue weighted by Crippen LogP contribution is 2.54. The van der Waals surface area contributed by atoms with Crippen LogP contribution in [-0.4, -0.2) is 5.78 Å². The van der Waals surface area contributed by atoms with E-state index in [2.05, 4.69) is 0 Å². The Balaban J connectivity index is 2.13. The zero-order valence-electron chi connectivity index (χ0n) is 9.34. The van der Waals surface area contributed by atoms with E-state index in [0.717, 1.165) is 5.57 Å². The predicted molar refractivity (Wildman–Crippen MR) is 62.5 cm³/mol. The third-order valence-corrected chi connectivity index (χ3v) is 3.81. The summed E-state index contributed by atoms with van der Waals surface area (Å²) < 4.78 is 29.0. The molecule has 0 fully saturated rings. The second-order valence-electron chi connectivity index (χ2n) is 4.76. The number of halogens is 2. The molecule has 3 heteroatoms. The highest BCUT2D eigenvalue weighted by Gasteiger charge is 2.51. The van der Waals surface area contributed by atoms with Crippen LogP contribution in [-0.2, 0) is 5.92 Å². The molecule has 3 aliphatic rings. The SMILES string of the molecule is O=C1C2=C3C=CC(=C2C(F)(F)c2ccccc21)C3. The highest BCUT2D eigenvalue weighted by molar-refractivity contribution is 6.16. The molecule has 0 heterocycles. The number of Topliss-reactive ketones (excluding diaryl/α,β-unsaturated/α-hetero) is 1. The topological polar surface area (TPSA) is 17.1 Å². The molecule has 0 radical (unpaired) electrons. The number of alkyl halides is 2. The van der Waals surface area contributed by atoms with Gasteiger partial charge in [-0.05, 0) is 17.6 Å². The first-order valence-corrected chi connectivity index (χ1v) is 5.78. The molecule has 0 aromatic heterocycles. The fraction of sp³-hybridized carbons (Fsp3) is 0.133. The summed E-state index contributed by atoms with van der Waals surface area (Å²) in [5.74, 6) is -3.32. The Morgan fingerprint density at radius 1 is 1.06 bits per heavy atom. The Bertz CT molecular complexity index is 705. The zero-order valence-corrected chi connectivity index (χ0v) is 9.34. The summed E-state index contributed by atoms with van der Waals surface area (Å²) in [6, 6.07) is 6.00. The van der Waals surface area contributed by atoms with E-state index in [0.29, 0.717) is 12.0 Å². The van der Waals surface area contributed by atoms with E-state index in [1.54, 1.807) is 24.3 Å². The van der Waals surface area contributed by atoms with E-state index < -0.39 is 5.92 Å². The lowest BCUT2D eigenvalue weighted by Crippen LogP contribution is -2.30. The van der Waals surface area contributed by atoms with Crippen LogP contribution in [0.3, 0.4) is 0 Å². The largest absolute Gasteiger partial charge is 0.300 e. The smallest absolute Gasteiger partial charge is 0.289 e. The fourth-order valence-electron chi connectivity index (χ4n) is 3.03. The first-order valence-electron chi connectivity index (χ1n) is 5.78. The second kappa shape index (κ2) is 2.86. The standard InChI is InChI=1S/C15H8F2O/c16-15(17)11-4-2-1-3-10(11)14(18)12-8-5-6-9(7-8)13(12)15/h1-6H,7H2. The number of rotatable bonds is 0. The summed E-state index contributed by atoms with van der Waals surface area (Å²) in [6.07, 6.45) is 3.94. The lowest BCUT2D eigenvalue weighted by atomic mass is 9.79. The quantitative estimate of drug-likeness (QED) is 0.680. The summed E-state index contributed by atoms with van der Waals surface area (Å²) in [5.41, 5.74) is 1.46. The van der Waals surface area contributed by atoms with Crippen molar-refractivity contribution >= 4 is 5.78 Å². The molecule has 2 bridgehead atoms. The molecule has 0 N–H and O–H groups in total. The van der Waals surface area contributed by atoms with Gasteiger partial charge in [-0.2, -0.15) is 8.78 Å². The van der Waals surface area contributed by atoms with Crippen molar-refractivity contribution in [3.8, 4) is 0 Å². The van der Waals surface area contributed by atoms with E-state index >= 15 is 0 Å². The average molecular weight is 242 g/mol. The molecule has 3 aliphatic carbocycles. The zero-order chi connectivity index (χ0) is 12.5. The van der Waals surface area contributed by atoms with E-state index in [4.69, 9.17) is 0 Å². The molecule has 0 atom stereocenters. The summed E-state index contributed by atoms with van der Waals surface area (Å²) in [7, 11) is 0. The molecule has 0 spiro atoms. The highest BCUT2D eigenvalue weighted by atomic mass is 19.3. The minimum Gasteiger partial charge on any atom is -0.289 e. The van der Waals surface area contributed by atoms with Gasteiger partial charge >= 0.3 is 0 Å². The van der Waals surface area contributed by atoms with Gasteiger partial charge in [0.2, 0.25) is 0 Å². The van der Waals surface area contributed by atoms with E-state index in [-0.39, 0.29) is 28.1 Å². The molecule has 0 saturated heterocycles. The van der Waals surface area contributed by atoms with Crippen molar-refractivity contribution in [1.29, 1.82) is 0 Å². The van der Waals surface area contributed by atoms with Gasteiger partial charge < -0.3 is 0 Å². The molecular weight excluding hydrogens is 234 g/mol. The normalized spacial score (nSPS) is 22.7. The Labute approximate surface area is 102 Å². The van der Waals surface area contributed by atoms with Crippen LogP contribution in [0.4, 0.5) is 8.78 Å². The van der Waals surface area contributed by atoms with Gasteiger partial charge in [-0.15, -0.1) is 0 Å². The first-order chi connectivity index (χ1) is 8.60. The van der Waals surface area contributed by atoms with Crippen LogP contribution in [0.5, 0.6) is 0 Å². The molecule has 1 aromatic rings. The second-order valence-corrected chi connectivity index (χ2v) is 4.76.